The van der Waals surface area contributed by atoms with Crippen LogP contribution in [0.2, 0.25) is 0 Å². The van der Waals surface area contributed by atoms with Gasteiger partial charge in [0.25, 0.3) is 0 Å². The van der Waals surface area contributed by atoms with Gasteiger partial charge in [0.1, 0.15) is 29.4 Å². The van der Waals surface area contributed by atoms with Crippen LogP contribution < -0.4 is 0 Å². The summed E-state index contributed by atoms with van der Waals surface area (Å²) in [4.78, 5) is 43.3. The Bertz CT molecular complexity index is 3940. The van der Waals surface area contributed by atoms with Gasteiger partial charge in [0.15, 0.2) is 29.1 Å². The molecule has 0 radical (unpaired) electrons. The van der Waals surface area contributed by atoms with Crippen molar-refractivity contribution in [3.63, 3.8) is 0 Å². The zero-order valence-electron chi connectivity index (χ0n) is 37.4. The Morgan fingerprint density at radius 1 is 0.338 bits per heavy atom. The molecule has 7 aromatic carbocycles. The number of nitriles is 1. The number of aryl methyl sites for hydroxylation is 4. The highest BCUT2D eigenvalue weighted by Gasteiger charge is 2.25. The second kappa shape index (κ2) is 16.0. The molecule has 0 aliphatic carbocycles. The number of aromatic nitrogens is 11. The monoisotopic (exact) mass is 878 g/mol. The zero-order chi connectivity index (χ0) is 46.0. The summed E-state index contributed by atoms with van der Waals surface area (Å²) >= 11 is 0. The SMILES string of the molecule is Cc1nc(C)nc(-c2ccc3c(c2)c2ccccc2n3-c2cc(-c3nc(-c4ccccc4)nc(-c4ccccc4)n3)c(-n3c4ccccc4c4cc(-c5nc(C)nc(C)n5)ccc43)cc2C#N)n1. The summed E-state index contributed by atoms with van der Waals surface area (Å²) in [6.45, 7) is 7.51. The number of benzene rings is 7. The van der Waals surface area contributed by atoms with Gasteiger partial charge in [-0.3, -0.25) is 0 Å². The van der Waals surface area contributed by atoms with E-state index in [2.05, 4.69) is 89.7 Å². The number of rotatable bonds is 7. The van der Waals surface area contributed by atoms with Gasteiger partial charge in [-0.05, 0) is 88.4 Å². The van der Waals surface area contributed by atoms with Crippen molar-refractivity contribution >= 4 is 43.6 Å². The number of fused-ring (bicyclic) bond motifs is 6. The highest BCUT2D eigenvalue weighted by molar-refractivity contribution is 6.12. The highest BCUT2D eigenvalue weighted by atomic mass is 15.1. The van der Waals surface area contributed by atoms with E-state index in [1.165, 1.54) is 0 Å². The zero-order valence-corrected chi connectivity index (χ0v) is 37.4. The third-order valence-electron chi connectivity index (χ3n) is 12.2. The first-order valence-corrected chi connectivity index (χ1v) is 22.2. The van der Waals surface area contributed by atoms with Crippen LogP contribution in [0.3, 0.4) is 0 Å². The Kier molecular flexibility index (Phi) is 9.44. The lowest BCUT2D eigenvalue weighted by atomic mass is 10.0. The maximum absolute atomic E-state index is 11.4. The molecule has 12 aromatic rings. The minimum absolute atomic E-state index is 0.445. The van der Waals surface area contributed by atoms with Crippen molar-refractivity contribution in [1.82, 2.24) is 54.0 Å². The van der Waals surface area contributed by atoms with Gasteiger partial charge in [-0.25, -0.2) is 44.9 Å². The summed E-state index contributed by atoms with van der Waals surface area (Å²) in [5.41, 5.74) is 9.68. The Hall–Kier alpha value is -9.34. The smallest absolute Gasteiger partial charge is 0.166 e. The number of hydrogen-bond acceptors (Lipinski definition) is 10. The molecule has 322 valence electrons. The fourth-order valence-electron chi connectivity index (χ4n) is 9.38. The summed E-state index contributed by atoms with van der Waals surface area (Å²) in [5, 5.41) is 15.4. The predicted octanol–water partition coefficient (Wildman–Crippen LogP) is 11.9. The van der Waals surface area contributed by atoms with E-state index >= 15 is 0 Å². The summed E-state index contributed by atoms with van der Waals surface area (Å²) < 4.78 is 4.38. The van der Waals surface area contributed by atoms with Crippen LogP contribution in [0.5, 0.6) is 0 Å². The molecule has 0 aliphatic rings. The van der Waals surface area contributed by atoms with Crippen LogP contribution in [-0.4, -0.2) is 54.0 Å². The number of nitrogens with zero attached hydrogens (tertiary/aromatic N) is 12. The maximum Gasteiger partial charge on any atom is 0.166 e. The molecule has 0 atom stereocenters. The second-order valence-corrected chi connectivity index (χ2v) is 16.7. The minimum Gasteiger partial charge on any atom is -0.308 e. The van der Waals surface area contributed by atoms with Crippen LogP contribution in [0.15, 0.2) is 158 Å². The van der Waals surface area contributed by atoms with Crippen molar-refractivity contribution in [3.05, 3.63) is 187 Å². The quantitative estimate of drug-likeness (QED) is 0.151. The van der Waals surface area contributed by atoms with E-state index in [4.69, 9.17) is 24.9 Å². The van der Waals surface area contributed by atoms with Gasteiger partial charge in [-0.1, -0.05) is 97.1 Å². The summed E-state index contributed by atoms with van der Waals surface area (Å²) in [5.74, 6) is 5.32. The molecular formula is C56H38N12. The van der Waals surface area contributed by atoms with Crippen molar-refractivity contribution in [3.8, 4) is 74.4 Å². The second-order valence-electron chi connectivity index (χ2n) is 16.7. The van der Waals surface area contributed by atoms with Crippen molar-refractivity contribution in [2.75, 3.05) is 0 Å². The van der Waals surface area contributed by atoms with E-state index in [1.54, 1.807) is 0 Å². The third kappa shape index (κ3) is 6.80. The topological polar surface area (TPSA) is 150 Å². The van der Waals surface area contributed by atoms with Gasteiger partial charge in [0.2, 0.25) is 0 Å². The lowest BCUT2D eigenvalue weighted by Gasteiger charge is -2.18. The Balaban J connectivity index is 1.17. The van der Waals surface area contributed by atoms with Gasteiger partial charge < -0.3 is 9.13 Å². The number of hydrogen-bond donors (Lipinski definition) is 0. The van der Waals surface area contributed by atoms with Crippen LogP contribution in [0.25, 0.3) is 112 Å². The van der Waals surface area contributed by atoms with Crippen LogP contribution in [0.1, 0.15) is 28.9 Å². The molecule has 0 spiro atoms. The summed E-state index contributed by atoms with van der Waals surface area (Å²) in [6.07, 6.45) is 0. The lowest BCUT2D eigenvalue weighted by Crippen LogP contribution is -2.07. The van der Waals surface area contributed by atoms with Crippen LogP contribution in [0.4, 0.5) is 0 Å². The first kappa shape index (κ1) is 40.2. The molecule has 0 amide bonds. The molecule has 0 N–H and O–H groups in total. The average molecular weight is 879 g/mol. The van der Waals surface area contributed by atoms with Gasteiger partial charge in [-0.15, -0.1) is 0 Å². The normalized spacial score (nSPS) is 11.5. The predicted molar refractivity (Wildman–Crippen MR) is 266 cm³/mol. The Morgan fingerprint density at radius 2 is 0.735 bits per heavy atom. The van der Waals surface area contributed by atoms with Crippen molar-refractivity contribution < 1.29 is 0 Å². The maximum atomic E-state index is 11.4. The third-order valence-corrected chi connectivity index (χ3v) is 12.2. The molecule has 0 saturated carbocycles. The van der Waals surface area contributed by atoms with Gasteiger partial charge in [0.05, 0.1) is 39.0 Å². The van der Waals surface area contributed by atoms with Crippen molar-refractivity contribution in [2.24, 2.45) is 0 Å². The fourth-order valence-corrected chi connectivity index (χ4v) is 9.38. The lowest BCUT2D eigenvalue weighted by molar-refractivity contribution is 0.928. The first-order valence-electron chi connectivity index (χ1n) is 22.2. The van der Waals surface area contributed by atoms with Crippen LogP contribution in [0, 0.1) is 39.0 Å². The van der Waals surface area contributed by atoms with E-state index < -0.39 is 0 Å². The average Bonchev–Trinajstić information content (AvgIpc) is 3.88. The van der Waals surface area contributed by atoms with Gasteiger partial charge in [-0.2, -0.15) is 5.26 Å². The Morgan fingerprint density at radius 3 is 1.21 bits per heavy atom. The molecule has 5 heterocycles. The highest BCUT2D eigenvalue weighted by Crippen LogP contribution is 2.42. The molecule has 12 heteroatoms. The molecular weight excluding hydrogens is 841 g/mol. The largest absolute Gasteiger partial charge is 0.308 e. The minimum atomic E-state index is 0.445. The Labute approximate surface area is 390 Å². The molecule has 0 saturated heterocycles. The molecule has 0 bridgehead atoms. The van der Waals surface area contributed by atoms with E-state index in [0.29, 0.717) is 69.2 Å². The molecule has 0 fully saturated rings. The fraction of sp³-hybridized carbons (Fsp3) is 0.0714. The standard InChI is InChI=1S/C56H38N12/c1-32-58-33(2)61-54(60-32)38-23-25-48-43(27-38)41-19-11-13-21-46(41)67(48)50-30-45(56-65-52(36-15-7-5-8-16-36)64-53(66-56)37-17-9-6-10-18-37)51(29-40(50)31-57)68-47-22-14-12-20-42(47)44-28-39(24-26-49(44)68)55-62-34(3)59-35(4)63-55/h5-30H,1-4H3. The molecule has 5 aromatic heterocycles. The van der Waals surface area contributed by atoms with Crippen molar-refractivity contribution in [2.45, 2.75) is 27.7 Å². The summed E-state index contributed by atoms with van der Waals surface area (Å²) in [7, 11) is 0. The summed E-state index contributed by atoms with van der Waals surface area (Å²) in [6, 6.07) is 55.6. The first-order chi connectivity index (χ1) is 33.3. The number of para-hydroxylation sites is 2. The molecule has 0 aliphatic heterocycles. The molecule has 12 rings (SSSR count). The van der Waals surface area contributed by atoms with Crippen LogP contribution >= 0.6 is 0 Å². The van der Waals surface area contributed by atoms with E-state index in [0.717, 1.165) is 71.6 Å². The molecule has 0 unspecified atom stereocenters. The van der Waals surface area contributed by atoms with Gasteiger partial charge >= 0.3 is 0 Å². The van der Waals surface area contributed by atoms with E-state index in [9.17, 15) is 5.26 Å². The molecule has 68 heavy (non-hydrogen) atoms. The van der Waals surface area contributed by atoms with Crippen molar-refractivity contribution in [1.29, 1.82) is 5.26 Å². The van der Waals surface area contributed by atoms with E-state index in [1.807, 2.05) is 131 Å². The molecule has 12 nitrogen and oxygen atoms in total. The van der Waals surface area contributed by atoms with Gasteiger partial charge in [0, 0.05) is 49.4 Å². The van der Waals surface area contributed by atoms with Crippen LogP contribution in [-0.2, 0) is 0 Å². The van der Waals surface area contributed by atoms with E-state index in [-0.39, 0.29) is 0 Å².